The van der Waals surface area contributed by atoms with Crippen molar-refractivity contribution >= 4 is 137 Å². The van der Waals surface area contributed by atoms with Gasteiger partial charge in [-0.1, -0.05) is 235 Å². The quantitative estimate of drug-likeness (QED) is 0.0381. The summed E-state index contributed by atoms with van der Waals surface area (Å²) in [5, 5.41) is 2.85. The van der Waals surface area contributed by atoms with E-state index < -0.39 is 46.3 Å². The van der Waals surface area contributed by atoms with E-state index in [9.17, 15) is 34.6 Å². The first-order chi connectivity index (χ1) is 46.3. The number of fused-ring (bicyclic) bond motifs is 1. The van der Waals surface area contributed by atoms with Crippen LogP contribution in [-0.2, 0) is 39.9 Å². The Morgan fingerprint density at radius 1 is 0.594 bits per heavy atom. The molecule has 3 aliphatic rings. The zero-order valence-corrected chi connectivity index (χ0v) is 67.6. The number of carbonyl (C=O) groups is 1. The van der Waals surface area contributed by atoms with Crippen LogP contribution in [0.2, 0.25) is 20.1 Å². The number of piperidine rings is 1. The first-order valence-electron chi connectivity index (χ1n) is 33.5. The third-order valence-corrected chi connectivity index (χ3v) is 22.5. The molecule has 3 heterocycles. The Morgan fingerprint density at radius 3 is 1.48 bits per heavy atom. The van der Waals surface area contributed by atoms with Crippen molar-refractivity contribution in [2.24, 2.45) is 28.6 Å². The van der Waals surface area contributed by atoms with Crippen LogP contribution in [0.1, 0.15) is 181 Å². The molecule has 546 valence electrons. The van der Waals surface area contributed by atoms with Gasteiger partial charge in [0.2, 0.25) is 5.91 Å². The number of benzene rings is 7. The van der Waals surface area contributed by atoms with Crippen LogP contribution in [0.4, 0.5) is 0 Å². The molecule has 1 unspecified atom stereocenters. The Hall–Kier alpha value is -4.63. The number of ether oxygens (including phenoxy) is 1. The molecule has 0 saturated carbocycles. The van der Waals surface area contributed by atoms with Crippen molar-refractivity contribution in [3.8, 4) is 0 Å². The van der Waals surface area contributed by atoms with Gasteiger partial charge in [-0.15, -0.1) is 13.2 Å². The molecule has 8 atom stereocenters. The zero-order chi connectivity index (χ0) is 74.0. The van der Waals surface area contributed by atoms with E-state index in [-0.39, 0.29) is 91.3 Å². The Kier molecular flexibility index (Phi) is 36.5. The molecule has 7 aromatic carbocycles. The molecule has 1 amide bonds. The number of halogens is 4. The van der Waals surface area contributed by atoms with Gasteiger partial charge >= 0.3 is 43.6 Å². The van der Waals surface area contributed by atoms with Gasteiger partial charge in [-0.3, -0.25) is 13.9 Å². The summed E-state index contributed by atoms with van der Waals surface area (Å²) < 4.78 is 97.3. The first kappa shape index (κ1) is 90.6. The monoisotopic (exact) mass is 1540 g/mol. The molecule has 0 bridgehead atoms. The molecule has 0 aliphatic carbocycles. The van der Waals surface area contributed by atoms with E-state index in [0.29, 0.717) is 40.6 Å². The van der Waals surface area contributed by atoms with E-state index in [1.807, 2.05) is 72.8 Å². The number of carbonyl (C=O) groups excluding carboxylic acids is 1. The summed E-state index contributed by atoms with van der Waals surface area (Å²) in [4.78, 5) is 16.4. The van der Waals surface area contributed by atoms with Crippen LogP contribution in [0.5, 0.6) is 0 Å². The van der Waals surface area contributed by atoms with Crippen molar-refractivity contribution in [1.29, 1.82) is 0 Å². The zero-order valence-electron chi connectivity index (χ0n) is 59.9. The molecule has 0 aromatic heterocycles. The van der Waals surface area contributed by atoms with Crippen molar-refractivity contribution in [2.75, 3.05) is 6.61 Å². The SMILES string of the molecule is C.C=CC[C@@]1(C)C[C@H](c2cccc(Cl)c2)C(c2ccc(Cl)cc2)N([C@H](CCC(C)C)C(C)C)C1=O.C=CC[C@@]1(C)C[C@H](c2cccc(Cl)c2)[C@@H](c2ccc(Cl)cc2)[N+]2=C1OC[C@@H]2C(C)C.CC(C)S(=O)(=O)O.CC(C)S(=O)(=O)O.Cc1ccccc1.O=S(=O)([O-])c1cccc2ccccc12.[Ca+2]. The van der Waals surface area contributed by atoms with Crippen LogP contribution in [0.3, 0.4) is 0 Å². The molecule has 101 heavy (non-hydrogen) atoms. The maximum absolute atomic E-state index is 14.3. The van der Waals surface area contributed by atoms with Gasteiger partial charge in [-0.2, -0.15) is 21.4 Å². The fourth-order valence-corrected chi connectivity index (χ4v) is 14.1. The molecule has 21 heteroatoms. The van der Waals surface area contributed by atoms with Crippen LogP contribution in [0.15, 0.2) is 200 Å². The molecule has 0 radical (unpaired) electrons. The fourth-order valence-electron chi connectivity index (χ4n) is 12.8. The maximum atomic E-state index is 14.3. The summed E-state index contributed by atoms with van der Waals surface area (Å²) in [7, 11) is -11.9. The molecule has 0 spiro atoms. The fraction of sp³-hybridized carbons (Fsp3) is 0.425. The smallest absolute Gasteiger partial charge is 0.744 e. The van der Waals surface area contributed by atoms with Gasteiger partial charge in [-0.05, 0) is 174 Å². The summed E-state index contributed by atoms with van der Waals surface area (Å²) in [5.41, 5.74) is 5.54. The number of rotatable bonds is 17. The maximum Gasteiger partial charge on any atom is 2.00 e. The van der Waals surface area contributed by atoms with Crippen molar-refractivity contribution < 1.29 is 53.0 Å². The number of hydrogen-bond donors (Lipinski definition) is 2. The molecular formula is C80H104CaCl4N2O11S3+2. The van der Waals surface area contributed by atoms with Crippen molar-refractivity contribution in [3.05, 3.63) is 243 Å². The van der Waals surface area contributed by atoms with Gasteiger partial charge in [0.1, 0.15) is 10.1 Å². The predicted octanol–water partition coefficient (Wildman–Crippen LogP) is 20.9. The summed E-state index contributed by atoms with van der Waals surface area (Å²) in [6, 6.07) is 55.2. The average Bonchev–Trinajstić information content (AvgIpc) is 1.73. The van der Waals surface area contributed by atoms with E-state index in [4.69, 9.17) is 60.2 Å². The third kappa shape index (κ3) is 26.1. The molecule has 7 aromatic rings. The van der Waals surface area contributed by atoms with Gasteiger partial charge in [0, 0.05) is 43.5 Å². The van der Waals surface area contributed by atoms with E-state index in [0.717, 1.165) is 70.6 Å². The Bertz CT molecular complexity index is 4140. The van der Waals surface area contributed by atoms with E-state index in [1.165, 1.54) is 56.0 Å². The number of hydrogen-bond acceptors (Lipinski definition) is 9. The van der Waals surface area contributed by atoms with Crippen molar-refractivity contribution in [3.63, 3.8) is 0 Å². The summed E-state index contributed by atoms with van der Waals surface area (Å²) in [6.45, 7) is 34.5. The van der Waals surface area contributed by atoms with Crippen LogP contribution in [0, 0.1) is 35.5 Å². The number of allylic oxidation sites excluding steroid dienone is 2. The van der Waals surface area contributed by atoms with Crippen LogP contribution < -0.4 is 0 Å². The Balaban J connectivity index is 0.000000354. The van der Waals surface area contributed by atoms with Crippen molar-refractivity contribution in [1.82, 2.24) is 4.90 Å². The predicted molar refractivity (Wildman–Crippen MR) is 420 cm³/mol. The summed E-state index contributed by atoms with van der Waals surface area (Å²) in [5.74, 6) is 3.13. The van der Waals surface area contributed by atoms with Gasteiger partial charge in [0.05, 0.1) is 38.2 Å². The number of aryl methyl sites for hydroxylation is 1. The number of amides is 1. The number of likely N-dealkylation sites (tertiary alicyclic amines) is 1. The standard InChI is InChI=1S/C30H39Cl2NO.C26H30Cl2NO.C10H8O3S.C7H8.2C3H8O3S.CH4.Ca/c1-7-17-30(6)19-26(23-9-8-10-25(32)18-23)28(22-12-14-24(31)15-13-22)33(29(30)34)27(21(4)5)16-11-20(2)3;1-5-13-26(4)15-22(19-7-6-8-21(28)14-19)24(18-9-11-20(27)12-10-18)29-23(17(2)3)16-30-25(26)29;11-14(12,13)10-7-3-5-8-4-1-2-6-9(8)10;1-7-5-3-2-4-6-7;2*1-3(2)7(4,5)6;;/h7-10,12-15,18,20-21,26-28H,1,11,16-17,19H2,2-6H3;5-12,14,17,22-24H,1,13,15-16H2,2-4H3;1-7H,(H,11,12,13);2-6H,1H3;2*3H,1-2H3,(H,4,5,6);1H4;/q;+1;;;;;;+2/p-1/t26-,27-,28?,30+;22-,23-,24-,26+;;;;;;/m11....../s1. The molecule has 3 aliphatic heterocycles. The van der Waals surface area contributed by atoms with E-state index in [1.54, 1.807) is 36.4 Å². The molecule has 2 N–H and O–H groups in total. The third-order valence-electron chi connectivity index (χ3n) is 18.2. The summed E-state index contributed by atoms with van der Waals surface area (Å²) >= 11 is 25.4. The second kappa shape index (κ2) is 40.7. The largest absolute Gasteiger partial charge is 2.00 e. The Morgan fingerprint density at radius 2 is 1.04 bits per heavy atom. The molecule has 1 saturated heterocycles. The van der Waals surface area contributed by atoms with Crippen LogP contribution >= 0.6 is 46.4 Å². The molecule has 1 fully saturated rings. The second-order valence-corrected chi connectivity index (χ2v) is 34.9. The Labute approximate surface area is 654 Å². The summed E-state index contributed by atoms with van der Waals surface area (Å²) in [6.07, 6.45) is 9.24. The minimum atomic E-state index is -4.38. The molecular weight excluding hydrogens is 1440 g/mol. The topological polar surface area (TPSA) is 198 Å². The van der Waals surface area contributed by atoms with Gasteiger partial charge in [-0.25, -0.2) is 8.42 Å². The first-order valence-corrected chi connectivity index (χ1v) is 39.4. The molecule has 13 nitrogen and oxygen atoms in total. The van der Waals surface area contributed by atoms with Gasteiger partial charge in [0.25, 0.3) is 20.2 Å². The normalized spacial score (nSPS) is 20.5. The van der Waals surface area contributed by atoms with Crippen LogP contribution in [0.25, 0.3) is 10.8 Å². The minimum Gasteiger partial charge on any atom is -0.744 e. The van der Waals surface area contributed by atoms with E-state index in [2.05, 4.69) is 152 Å². The van der Waals surface area contributed by atoms with Gasteiger partial charge in [0.15, 0.2) is 18.7 Å². The van der Waals surface area contributed by atoms with E-state index >= 15 is 0 Å². The van der Waals surface area contributed by atoms with Crippen LogP contribution in [-0.4, -0.2) is 127 Å². The van der Waals surface area contributed by atoms with Gasteiger partial charge < -0.3 is 14.2 Å². The van der Waals surface area contributed by atoms with Crippen molar-refractivity contribution in [2.45, 2.75) is 187 Å². The minimum absolute atomic E-state index is 0. The average molecular weight is 1550 g/mol. The second-order valence-electron chi connectivity index (χ2n) is 27.9. The number of nitrogens with zero attached hydrogens (tertiary/aromatic N) is 2. The molecule has 10 rings (SSSR count).